The van der Waals surface area contributed by atoms with Gasteiger partial charge >= 0.3 is 0 Å². The Morgan fingerprint density at radius 1 is 1.47 bits per heavy atom. The summed E-state index contributed by atoms with van der Waals surface area (Å²) in [4.78, 5) is 18.8. The Morgan fingerprint density at radius 2 is 2.16 bits per heavy atom. The van der Waals surface area contributed by atoms with E-state index in [2.05, 4.69) is 22.1 Å². The van der Waals surface area contributed by atoms with Crippen molar-refractivity contribution in [2.45, 2.75) is 39.3 Å². The van der Waals surface area contributed by atoms with Crippen molar-refractivity contribution in [1.82, 2.24) is 15.2 Å². The van der Waals surface area contributed by atoms with Crippen LogP contribution >= 0.6 is 11.3 Å². The summed E-state index contributed by atoms with van der Waals surface area (Å²) in [5.41, 5.74) is 6.35. The third-order valence-corrected chi connectivity index (χ3v) is 4.59. The standard InChI is InChI=1S/C13H22N4OS/c1-9-12(19-10(2)16-9)7-15-11-3-5-17(6-4-11)8-13(14)18/h11,15H,3-8H2,1-2H3,(H2,14,18). The largest absolute Gasteiger partial charge is 0.369 e. The number of aromatic nitrogens is 1. The first-order valence-corrected chi connectivity index (χ1v) is 7.53. The summed E-state index contributed by atoms with van der Waals surface area (Å²) >= 11 is 1.77. The third kappa shape index (κ3) is 4.26. The molecular weight excluding hydrogens is 260 g/mol. The molecule has 3 N–H and O–H groups in total. The highest BCUT2D eigenvalue weighted by Crippen LogP contribution is 2.18. The summed E-state index contributed by atoms with van der Waals surface area (Å²) < 4.78 is 0. The molecule has 6 heteroatoms. The average Bonchev–Trinajstić information content (AvgIpc) is 2.66. The second-order valence-corrected chi connectivity index (χ2v) is 6.43. The highest BCUT2D eigenvalue weighted by Gasteiger charge is 2.20. The van der Waals surface area contributed by atoms with Crippen molar-refractivity contribution in [3.63, 3.8) is 0 Å². The van der Waals surface area contributed by atoms with Gasteiger partial charge in [-0.25, -0.2) is 4.98 Å². The van der Waals surface area contributed by atoms with E-state index in [4.69, 9.17) is 5.73 Å². The number of thiazole rings is 1. The second kappa shape index (κ2) is 6.45. The molecule has 0 radical (unpaired) electrons. The molecule has 1 fully saturated rings. The normalized spacial score (nSPS) is 17.8. The molecule has 0 spiro atoms. The molecule has 5 nitrogen and oxygen atoms in total. The Balaban J connectivity index is 1.74. The molecule has 0 aromatic carbocycles. The lowest BCUT2D eigenvalue weighted by Crippen LogP contribution is -2.45. The minimum atomic E-state index is -0.234. The number of aryl methyl sites for hydroxylation is 2. The number of carbonyl (C=O) groups is 1. The van der Waals surface area contributed by atoms with Crippen molar-refractivity contribution in [1.29, 1.82) is 0 Å². The number of likely N-dealkylation sites (tertiary alicyclic amines) is 1. The van der Waals surface area contributed by atoms with Crippen LogP contribution in [0.5, 0.6) is 0 Å². The minimum Gasteiger partial charge on any atom is -0.369 e. The molecule has 1 aromatic rings. The highest BCUT2D eigenvalue weighted by atomic mass is 32.1. The Labute approximate surface area is 118 Å². The van der Waals surface area contributed by atoms with Crippen LogP contribution in [0.4, 0.5) is 0 Å². The van der Waals surface area contributed by atoms with Crippen molar-refractivity contribution in [2.24, 2.45) is 5.73 Å². The van der Waals surface area contributed by atoms with Crippen molar-refractivity contribution in [3.8, 4) is 0 Å². The summed E-state index contributed by atoms with van der Waals surface area (Å²) in [6, 6.07) is 0.533. The van der Waals surface area contributed by atoms with E-state index in [1.165, 1.54) is 4.88 Å². The predicted molar refractivity (Wildman–Crippen MR) is 77.1 cm³/mol. The Kier molecular flexibility index (Phi) is 4.90. The molecule has 1 aromatic heterocycles. The van der Waals surface area contributed by atoms with Crippen LogP contribution in [0, 0.1) is 13.8 Å². The van der Waals surface area contributed by atoms with Gasteiger partial charge in [0, 0.05) is 30.6 Å². The van der Waals surface area contributed by atoms with E-state index in [0.29, 0.717) is 12.6 Å². The number of nitrogens with two attached hydrogens (primary N) is 1. The first kappa shape index (κ1) is 14.4. The fraction of sp³-hybridized carbons (Fsp3) is 0.692. The van der Waals surface area contributed by atoms with Gasteiger partial charge < -0.3 is 11.1 Å². The summed E-state index contributed by atoms with van der Waals surface area (Å²) in [7, 11) is 0. The summed E-state index contributed by atoms with van der Waals surface area (Å²) in [5, 5.41) is 4.72. The maximum atomic E-state index is 10.9. The molecule has 19 heavy (non-hydrogen) atoms. The molecular formula is C13H22N4OS. The Hall–Kier alpha value is -0.980. The predicted octanol–water partition coefficient (Wildman–Crippen LogP) is 0.799. The van der Waals surface area contributed by atoms with Crippen LogP contribution in [0.15, 0.2) is 0 Å². The van der Waals surface area contributed by atoms with Crippen molar-refractivity contribution >= 4 is 17.2 Å². The summed E-state index contributed by atoms with van der Waals surface area (Å²) in [6.45, 7) is 7.29. The number of carbonyl (C=O) groups excluding carboxylic acids is 1. The topological polar surface area (TPSA) is 71.2 Å². The zero-order chi connectivity index (χ0) is 13.8. The summed E-state index contributed by atoms with van der Waals surface area (Å²) in [6.07, 6.45) is 2.15. The van der Waals surface area contributed by atoms with E-state index in [0.717, 1.165) is 43.2 Å². The van der Waals surface area contributed by atoms with Crippen LogP contribution in [0.1, 0.15) is 28.4 Å². The number of amides is 1. The SMILES string of the molecule is Cc1nc(C)c(CNC2CCN(CC(N)=O)CC2)s1. The van der Waals surface area contributed by atoms with Crippen LogP contribution in [-0.4, -0.2) is 41.5 Å². The van der Waals surface area contributed by atoms with Gasteiger partial charge in [-0.15, -0.1) is 11.3 Å². The molecule has 0 aliphatic carbocycles. The lowest BCUT2D eigenvalue weighted by Gasteiger charge is -2.31. The first-order valence-electron chi connectivity index (χ1n) is 6.71. The Bertz CT molecular complexity index is 438. The highest BCUT2D eigenvalue weighted by molar-refractivity contribution is 7.11. The number of hydrogen-bond donors (Lipinski definition) is 2. The van der Waals surface area contributed by atoms with Gasteiger partial charge in [0.05, 0.1) is 17.2 Å². The molecule has 2 rings (SSSR count). The van der Waals surface area contributed by atoms with Crippen LogP contribution in [-0.2, 0) is 11.3 Å². The van der Waals surface area contributed by atoms with E-state index in [1.807, 2.05) is 6.92 Å². The molecule has 0 atom stereocenters. The average molecular weight is 282 g/mol. The lowest BCUT2D eigenvalue weighted by molar-refractivity contribution is -0.119. The maximum absolute atomic E-state index is 10.9. The Morgan fingerprint density at radius 3 is 2.68 bits per heavy atom. The summed E-state index contributed by atoms with van der Waals surface area (Å²) in [5.74, 6) is -0.234. The van der Waals surface area contributed by atoms with Gasteiger partial charge in [-0.05, 0) is 26.7 Å². The van der Waals surface area contributed by atoms with Gasteiger partial charge in [0.2, 0.25) is 5.91 Å². The van der Waals surface area contributed by atoms with Crippen molar-refractivity contribution in [3.05, 3.63) is 15.6 Å². The van der Waals surface area contributed by atoms with Gasteiger partial charge in [0.15, 0.2) is 0 Å². The molecule has 1 amide bonds. The van der Waals surface area contributed by atoms with E-state index >= 15 is 0 Å². The molecule has 1 aliphatic rings. The van der Waals surface area contributed by atoms with Crippen molar-refractivity contribution in [2.75, 3.05) is 19.6 Å². The molecule has 2 heterocycles. The fourth-order valence-corrected chi connectivity index (χ4v) is 3.38. The van der Waals surface area contributed by atoms with E-state index < -0.39 is 0 Å². The monoisotopic (exact) mass is 282 g/mol. The number of primary amides is 1. The number of piperidine rings is 1. The van der Waals surface area contributed by atoms with Crippen LogP contribution < -0.4 is 11.1 Å². The third-order valence-electron chi connectivity index (χ3n) is 3.52. The molecule has 106 valence electrons. The molecule has 0 bridgehead atoms. The van der Waals surface area contributed by atoms with Gasteiger partial charge in [-0.1, -0.05) is 0 Å². The van der Waals surface area contributed by atoms with E-state index in [1.54, 1.807) is 11.3 Å². The van der Waals surface area contributed by atoms with Crippen LogP contribution in [0.2, 0.25) is 0 Å². The smallest absolute Gasteiger partial charge is 0.231 e. The van der Waals surface area contributed by atoms with Crippen LogP contribution in [0.25, 0.3) is 0 Å². The van der Waals surface area contributed by atoms with Gasteiger partial charge in [0.1, 0.15) is 0 Å². The second-order valence-electron chi connectivity index (χ2n) is 5.14. The fourth-order valence-electron chi connectivity index (χ4n) is 2.49. The zero-order valence-electron chi connectivity index (χ0n) is 11.6. The number of hydrogen-bond acceptors (Lipinski definition) is 5. The number of rotatable bonds is 5. The van der Waals surface area contributed by atoms with Crippen LogP contribution in [0.3, 0.4) is 0 Å². The van der Waals surface area contributed by atoms with Gasteiger partial charge in [-0.3, -0.25) is 9.69 Å². The molecule has 1 saturated heterocycles. The maximum Gasteiger partial charge on any atom is 0.231 e. The molecule has 0 unspecified atom stereocenters. The quantitative estimate of drug-likeness (QED) is 0.838. The number of nitrogens with one attached hydrogen (secondary N) is 1. The molecule has 0 saturated carbocycles. The van der Waals surface area contributed by atoms with Gasteiger partial charge in [-0.2, -0.15) is 0 Å². The zero-order valence-corrected chi connectivity index (χ0v) is 12.4. The number of nitrogens with zero attached hydrogens (tertiary/aromatic N) is 2. The van der Waals surface area contributed by atoms with E-state index in [-0.39, 0.29) is 5.91 Å². The van der Waals surface area contributed by atoms with Crippen molar-refractivity contribution < 1.29 is 4.79 Å². The first-order chi connectivity index (χ1) is 9.04. The van der Waals surface area contributed by atoms with Gasteiger partial charge in [0.25, 0.3) is 0 Å². The minimum absolute atomic E-state index is 0.234. The van der Waals surface area contributed by atoms with E-state index in [9.17, 15) is 4.79 Å². The lowest BCUT2D eigenvalue weighted by atomic mass is 10.1. The molecule has 1 aliphatic heterocycles.